The number of benzene rings is 1. The minimum absolute atomic E-state index is 0.148. The number of anilines is 1. The highest BCUT2D eigenvalue weighted by molar-refractivity contribution is 7.98. The van der Waals surface area contributed by atoms with Crippen molar-refractivity contribution in [3.63, 3.8) is 0 Å². The summed E-state index contributed by atoms with van der Waals surface area (Å²) in [7, 11) is 0. The summed E-state index contributed by atoms with van der Waals surface area (Å²) in [6.45, 7) is 1.21. The Labute approximate surface area is 149 Å². The highest BCUT2D eigenvalue weighted by atomic mass is 32.2. The van der Waals surface area contributed by atoms with E-state index >= 15 is 0 Å². The zero-order valence-corrected chi connectivity index (χ0v) is 14.5. The predicted molar refractivity (Wildman–Crippen MR) is 93.5 cm³/mol. The summed E-state index contributed by atoms with van der Waals surface area (Å²) < 4.78 is 16.1. The molecule has 0 fully saturated rings. The number of amides is 2. The molecule has 25 heavy (non-hydrogen) atoms. The fourth-order valence-electron chi connectivity index (χ4n) is 2.33. The van der Waals surface area contributed by atoms with Gasteiger partial charge in [-0.2, -0.15) is 0 Å². The van der Waals surface area contributed by atoms with Gasteiger partial charge in [-0.15, -0.1) is 11.8 Å². The van der Waals surface area contributed by atoms with Gasteiger partial charge < -0.3 is 24.5 Å². The van der Waals surface area contributed by atoms with Crippen molar-refractivity contribution in [3.05, 3.63) is 36.3 Å². The van der Waals surface area contributed by atoms with Gasteiger partial charge in [-0.3, -0.25) is 9.59 Å². The van der Waals surface area contributed by atoms with E-state index in [1.165, 1.54) is 18.0 Å². The molecule has 1 aromatic heterocycles. The maximum atomic E-state index is 12.1. The Morgan fingerprint density at radius 3 is 2.64 bits per heavy atom. The largest absolute Gasteiger partial charge is 0.486 e. The molecule has 1 aliphatic heterocycles. The molecular weight excluding hydrogens is 344 g/mol. The van der Waals surface area contributed by atoms with Gasteiger partial charge in [0.05, 0.1) is 12.0 Å². The third kappa shape index (κ3) is 4.27. The highest BCUT2D eigenvalue weighted by Crippen LogP contribution is 2.39. The van der Waals surface area contributed by atoms with Crippen molar-refractivity contribution in [2.24, 2.45) is 0 Å². The number of carbonyl (C=O) groups is 2. The highest BCUT2D eigenvalue weighted by Gasteiger charge is 2.17. The van der Waals surface area contributed by atoms with Gasteiger partial charge in [-0.25, -0.2) is 0 Å². The van der Waals surface area contributed by atoms with Gasteiger partial charge in [0.2, 0.25) is 5.91 Å². The van der Waals surface area contributed by atoms with Crippen molar-refractivity contribution in [3.8, 4) is 11.5 Å². The molecule has 3 rings (SSSR count). The lowest BCUT2D eigenvalue weighted by Crippen LogP contribution is -2.27. The van der Waals surface area contributed by atoms with Gasteiger partial charge in [0.15, 0.2) is 17.3 Å². The predicted octanol–water partition coefficient (Wildman–Crippen LogP) is 2.53. The Hall–Kier alpha value is -2.61. The summed E-state index contributed by atoms with van der Waals surface area (Å²) in [6, 6.07) is 6.82. The van der Waals surface area contributed by atoms with E-state index in [1.807, 2.05) is 12.3 Å². The Kier molecular flexibility index (Phi) is 5.49. The number of hydrogen-bond donors (Lipinski definition) is 2. The Morgan fingerprint density at radius 2 is 1.96 bits per heavy atom. The monoisotopic (exact) mass is 362 g/mol. The van der Waals surface area contributed by atoms with Crippen LogP contribution in [0.4, 0.5) is 5.69 Å². The minimum atomic E-state index is -0.345. The van der Waals surface area contributed by atoms with Gasteiger partial charge >= 0.3 is 0 Å². The molecule has 0 saturated heterocycles. The topological polar surface area (TPSA) is 89.8 Å². The number of fused-ring (bicyclic) bond motifs is 1. The molecule has 0 atom stereocenters. The zero-order valence-electron chi connectivity index (χ0n) is 13.7. The number of thioether (sulfide) groups is 1. The number of rotatable bonds is 6. The van der Waals surface area contributed by atoms with Crippen molar-refractivity contribution in [1.29, 1.82) is 0 Å². The third-order valence-corrected chi connectivity index (χ3v) is 4.30. The van der Waals surface area contributed by atoms with Gasteiger partial charge in [0.25, 0.3) is 5.91 Å². The molecule has 1 aromatic carbocycles. The van der Waals surface area contributed by atoms with Crippen molar-refractivity contribution in [2.75, 3.05) is 31.3 Å². The summed E-state index contributed by atoms with van der Waals surface area (Å²) in [5.41, 5.74) is 0.666. The first kappa shape index (κ1) is 17.2. The maximum Gasteiger partial charge on any atom is 0.286 e. The summed E-state index contributed by atoms with van der Waals surface area (Å²) in [5, 5.41) is 5.49. The van der Waals surface area contributed by atoms with E-state index in [0.29, 0.717) is 30.4 Å². The van der Waals surface area contributed by atoms with Crippen molar-refractivity contribution < 1.29 is 23.5 Å². The number of furan rings is 1. The summed E-state index contributed by atoms with van der Waals surface area (Å²) in [4.78, 5) is 24.8. The lowest BCUT2D eigenvalue weighted by atomic mass is 10.2. The molecule has 0 bridgehead atoms. The van der Waals surface area contributed by atoms with E-state index in [-0.39, 0.29) is 30.5 Å². The molecule has 0 saturated carbocycles. The minimum Gasteiger partial charge on any atom is -0.486 e. The fourth-order valence-corrected chi connectivity index (χ4v) is 2.89. The summed E-state index contributed by atoms with van der Waals surface area (Å²) >= 11 is 1.50. The van der Waals surface area contributed by atoms with Crippen LogP contribution in [0.5, 0.6) is 11.5 Å². The second-order valence-electron chi connectivity index (χ2n) is 5.23. The number of nitrogens with one attached hydrogen (secondary N) is 2. The van der Waals surface area contributed by atoms with Crippen LogP contribution in [0.3, 0.4) is 0 Å². The fraction of sp³-hybridized carbons (Fsp3) is 0.294. The first-order valence-corrected chi connectivity index (χ1v) is 8.99. The van der Waals surface area contributed by atoms with E-state index in [9.17, 15) is 9.59 Å². The van der Waals surface area contributed by atoms with E-state index in [1.54, 1.807) is 18.2 Å². The second-order valence-corrected chi connectivity index (χ2v) is 6.08. The van der Waals surface area contributed by atoms with Crippen LogP contribution in [0.1, 0.15) is 17.0 Å². The smallest absolute Gasteiger partial charge is 0.286 e. The van der Waals surface area contributed by atoms with Crippen LogP contribution in [0.25, 0.3) is 0 Å². The number of carbonyl (C=O) groups excluding carboxylic acids is 2. The maximum absolute atomic E-state index is 12.1. The first-order valence-electron chi connectivity index (χ1n) is 7.76. The molecule has 0 radical (unpaired) electrons. The van der Waals surface area contributed by atoms with Crippen LogP contribution in [-0.4, -0.2) is 37.8 Å². The second kappa shape index (κ2) is 7.98. The zero-order chi connectivity index (χ0) is 17.6. The van der Waals surface area contributed by atoms with E-state index < -0.39 is 0 Å². The lowest BCUT2D eigenvalue weighted by Gasteiger charge is -2.21. The molecule has 2 N–H and O–H groups in total. The van der Waals surface area contributed by atoms with Crippen molar-refractivity contribution >= 4 is 29.3 Å². The molecule has 2 heterocycles. The van der Waals surface area contributed by atoms with E-state index in [4.69, 9.17) is 13.9 Å². The summed E-state index contributed by atoms with van der Waals surface area (Å²) in [6.07, 6.45) is 3.49. The molecular formula is C17H18N2O5S. The van der Waals surface area contributed by atoms with Gasteiger partial charge in [-0.05, 0) is 24.5 Å². The standard InChI is InChI=1S/C17H18N2O5S/c1-25-15-10-14-13(23-7-8-24-14)9-11(15)19-16(20)4-5-18-17(21)12-3-2-6-22-12/h2-3,6,9-10H,4-5,7-8H2,1H3,(H,18,21)(H,19,20). The molecule has 0 unspecified atom stereocenters. The molecule has 2 amide bonds. The van der Waals surface area contributed by atoms with Gasteiger partial charge in [0, 0.05) is 23.9 Å². The van der Waals surface area contributed by atoms with Crippen molar-refractivity contribution in [2.45, 2.75) is 11.3 Å². The lowest BCUT2D eigenvalue weighted by molar-refractivity contribution is -0.116. The van der Waals surface area contributed by atoms with E-state index in [0.717, 1.165) is 4.90 Å². The SMILES string of the molecule is CSc1cc2c(cc1NC(=O)CCNC(=O)c1ccco1)OCCO2. The Morgan fingerprint density at radius 1 is 1.20 bits per heavy atom. The quantitative estimate of drug-likeness (QED) is 0.768. The van der Waals surface area contributed by atoms with Gasteiger partial charge in [-0.1, -0.05) is 0 Å². The molecule has 7 nitrogen and oxygen atoms in total. The van der Waals surface area contributed by atoms with Crippen LogP contribution in [0, 0.1) is 0 Å². The van der Waals surface area contributed by atoms with Crippen LogP contribution in [0.2, 0.25) is 0 Å². The first-order chi connectivity index (χ1) is 12.2. The Balaban J connectivity index is 1.56. The number of hydrogen-bond acceptors (Lipinski definition) is 6. The van der Waals surface area contributed by atoms with Crippen LogP contribution < -0.4 is 20.1 Å². The molecule has 0 spiro atoms. The van der Waals surface area contributed by atoms with Gasteiger partial charge in [0.1, 0.15) is 13.2 Å². The average molecular weight is 362 g/mol. The van der Waals surface area contributed by atoms with Crippen LogP contribution >= 0.6 is 11.8 Å². The normalized spacial score (nSPS) is 12.5. The molecule has 0 aliphatic carbocycles. The molecule has 132 valence electrons. The van der Waals surface area contributed by atoms with E-state index in [2.05, 4.69) is 10.6 Å². The van der Waals surface area contributed by atoms with Crippen LogP contribution in [-0.2, 0) is 4.79 Å². The Bertz CT molecular complexity index is 761. The van der Waals surface area contributed by atoms with Crippen LogP contribution in [0.15, 0.2) is 39.8 Å². The van der Waals surface area contributed by atoms with Crippen molar-refractivity contribution in [1.82, 2.24) is 5.32 Å². The average Bonchev–Trinajstić information content (AvgIpc) is 3.15. The third-order valence-electron chi connectivity index (χ3n) is 3.52. The molecule has 8 heteroatoms. The summed E-state index contributed by atoms with van der Waals surface area (Å²) in [5.74, 6) is 0.968. The molecule has 2 aromatic rings. The number of ether oxygens (including phenoxy) is 2. The molecule has 1 aliphatic rings.